The van der Waals surface area contributed by atoms with E-state index in [1.807, 2.05) is 12.1 Å². The van der Waals surface area contributed by atoms with Gasteiger partial charge in [-0.1, -0.05) is 125 Å². The van der Waals surface area contributed by atoms with Crippen LogP contribution in [0.1, 0.15) is 51.7 Å². The van der Waals surface area contributed by atoms with E-state index in [9.17, 15) is 0 Å². The fourth-order valence-electron chi connectivity index (χ4n) is 10.0. The maximum Gasteiger partial charge on any atom is 0.238 e. The molecule has 0 spiro atoms. The summed E-state index contributed by atoms with van der Waals surface area (Å²) >= 11 is 0. The van der Waals surface area contributed by atoms with E-state index in [4.69, 9.17) is 14.4 Å². The van der Waals surface area contributed by atoms with Crippen LogP contribution in [0.5, 0.6) is 0 Å². The van der Waals surface area contributed by atoms with Crippen LogP contribution in [0.15, 0.2) is 150 Å². The minimum Gasteiger partial charge on any atom is -0.437 e. The lowest BCUT2D eigenvalue weighted by Crippen LogP contribution is -2.33. The smallest absolute Gasteiger partial charge is 0.238 e. The molecule has 0 unspecified atom stereocenters. The Balaban J connectivity index is 1.31. The molecule has 0 bridgehead atoms. The molecule has 274 valence electrons. The topological polar surface area (TPSA) is 48.8 Å². The Morgan fingerprint density at radius 2 is 1.09 bits per heavy atom. The SMILES string of the molecule is CC1(C)CCC(C)(C)c2cc3c(cc21)c1c2c4c5ccccc5ccc4n(-c4ccccc4)c2ccc1n3-c1nc(-c2ccccc2)c2c(n1)oc1ccccc12. The number of nitrogens with zero attached hydrogens (tertiary/aromatic N) is 4. The van der Waals surface area contributed by atoms with Crippen molar-refractivity contribution in [3.05, 3.63) is 157 Å². The summed E-state index contributed by atoms with van der Waals surface area (Å²) in [5.74, 6) is 0.601. The van der Waals surface area contributed by atoms with E-state index in [2.05, 4.69) is 170 Å². The summed E-state index contributed by atoms with van der Waals surface area (Å²) in [7, 11) is 0. The number of rotatable bonds is 3. The number of aromatic nitrogens is 4. The van der Waals surface area contributed by atoms with Crippen LogP contribution in [0.4, 0.5) is 0 Å². The molecule has 0 atom stereocenters. The molecule has 57 heavy (non-hydrogen) atoms. The van der Waals surface area contributed by atoms with Crippen LogP contribution in [-0.2, 0) is 10.8 Å². The molecule has 11 aromatic rings. The standard InChI is InChI=1S/C52H40N4O/c1-51(2)27-28-52(3,4)38-30-42-36(29-37(38)51)45-40(56(42)50-53-48(32-16-7-5-8-17-32)46-35-21-13-14-22-43(35)57-49(46)54-50)25-26-41-47(45)44-34-20-12-11-15-31(34)23-24-39(44)55(41)33-18-9-6-10-19-33/h5-26,29-30H,27-28H2,1-4H3. The predicted octanol–water partition coefficient (Wildman–Crippen LogP) is 13.7. The van der Waals surface area contributed by atoms with Gasteiger partial charge < -0.3 is 8.98 Å². The zero-order valence-electron chi connectivity index (χ0n) is 32.5. The average Bonchev–Trinajstić information content (AvgIpc) is 3.90. The Morgan fingerprint density at radius 3 is 1.86 bits per heavy atom. The second-order valence-corrected chi connectivity index (χ2v) is 17.2. The molecule has 0 fully saturated rings. The fourth-order valence-corrected chi connectivity index (χ4v) is 10.0. The van der Waals surface area contributed by atoms with Crippen molar-refractivity contribution >= 4 is 76.5 Å². The van der Waals surface area contributed by atoms with Gasteiger partial charge in [0.25, 0.3) is 0 Å². The van der Waals surface area contributed by atoms with Crippen molar-refractivity contribution in [3.63, 3.8) is 0 Å². The number of fused-ring (bicyclic) bond motifs is 13. The van der Waals surface area contributed by atoms with Crippen molar-refractivity contribution in [2.45, 2.75) is 51.4 Å². The lowest BCUT2D eigenvalue weighted by molar-refractivity contribution is 0.332. The molecule has 12 rings (SSSR count). The van der Waals surface area contributed by atoms with E-state index in [1.165, 1.54) is 54.5 Å². The average molecular weight is 737 g/mol. The molecule has 0 saturated carbocycles. The highest BCUT2D eigenvalue weighted by Gasteiger charge is 2.38. The molecular weight excluding hydrogens is 697 g/mol. The van der Waals surface area contributed by atoms with Gasteiger partial charge in [-0.3, -0.25) is 4.57 Å². The Bertz CT molecular complexity index is 3460. The van der Waals surface area contributed by atoms with Crippen molar-refractivity contribution in [3.8, 4) is 22.9 Å². The molecular formula is C52H40N4O. The molecule has 5 heteroatoms. The maximum atomic E-state index is 6.59. The normalized spacial score (nSPS) is 15.2. The van der Waals surface area contributed by atoms with Crippen LogP contribution >= 0.6 is 0 Å². The number of para-hydroxylation sites is 2. The van der Waals surface area contributed by atoms with E-state index in [0.717, 1.165) is 57.2 Å². The van der Waals surface area contributed by atoms with Gasteiger partial charge in [-0.05, 0) is 94.1 Å². The zero-order chi connectivity index (χ0) is 38.2. The first-order valence-corrected chi connectivity index (χ1v) is 20.1. The van der Waals surface area contributed by atoms with Crippen LogP contribution < -0.4 is 0 Å². The second-order valence-electron chi connectivity index (χ2n) is 17.2. The summed E-state index contributed by atoms with van der Waals surface area (Å²) in [5, 5.41) is 9.35. The first-order valence-electron chi connectivity index (χ1n) is 20.1. The highest BCUT2D eigenvalue weighted by Crippen LogP contribution is 2.51. The largest absolute Gasteiger partial charge is 0.437 e. The van der Waals surface area contributed by atoms with Gasteiger partial charge in [-0.25, -0.2) is 4.98 Å². The molecule has 0 radical (unpaired) electrons. The van der Waals surface area contributed by atoms with Crippen molar-refractivity contribution in [2.75, 3.05) is 0 Å². The summed E-state index contributed by atoms with van der Waals surface area (Å²) in [6.07, 6.45) is 2.26. The van der Waals surface area contributed by atoms with Crippen LogP contribution in [0, 0.1) is 0 Å². The molecule has 0 saturated heterocycles. The van der Waals surface area contributed by atoms with Gasteiger partial charge in [0, 0.05) is 38.2 Å². The van der Waals surface area contributed by atoms with Gasteiger partial charge in [-0.15, -0.1) is 0 Å². The molecule has 0 N–H and O–H groups in total. The van der Waals surface area contributed by atoms with E-state index < -0.39 is 0 Å². The highest BCUT2D eigenvalue weighted by atomic mass is 16.3. The van der Waals surface area contributed by atoms with Crippen molar-refractivity contribution in [2.24, 2.45) is 0 Å². The monoisotopic (exact) mass is 736 g/mol. The molecule has 7 aromatic carbocycles. The van der Waals surface area contributed by atoms with Crippen LogP contribution in [0.2, 0.25) is 0 Å². The summed E-state index contributed by atoms with van der Waals surface area (Å²) in [4.78, 5) is 10.9. The number of benzene rings is 7. The van der Waals surface area contributed by atoms with Crippen molar-refractivity contribution < 1.29 is 4.42 Å². The Kier molecular flexibility index (Phi) is 6.52. The maximum absolute atomic E-state index is 6.59. The molecule has 4 aromatic heterocycles. The number of hydrogen-bond acceptors (Lipinski definition) is 3. The Labute approximate surface area is 329 Å². The van der Waals surface area contributed by atoms with Gasteiger partial charge in [0.2, 0.25) is 11.7 Å². The van der Waals surface area contributed by atoms with Crippen LogP contribution in [0.3, 0.4) is 0 Å². The predicted molar refractivity (Wildman–Crippen MR) is 236 cm³/mol. The van der Waals surface area contributed by atoms with E-state index in [0.29, 0.717) is 11.7 Å². The summed E-state index contributed by atoms with van der Waals surface area (Å²) in [5.41, 5.74) is 11.8. The summed E-state index contributed by atoms with van der Waals surface area (Å²) in [6, 6.07) is 52.4. The molecule has 0 aliphatic heterocycles. The van der Waals surface area contributed by atoms with Gasteiger partial charge in [0.05, 0.1) is 33.1 Å². The fraction of sp³-hybridized carbons (Fsp3) is 0.154. The minimum absolute atomic E-state index is 0.00787. The molecule has 1 aliphatic carbocycles. The molecule has 0 amide bonds. The van der Waals surface area contributed by atoms with E-state index in [-0.39, 0.29) is 10.8 Å². The first kappa shape index (κ1) is 32.5. The van der Waals surface area contributed by atoms with Crippen LogP contribution in [0.25, 0.3) is 99.3 Å². The molecule has 5 nitrogen and oxygen atoms in total. The highest BCUT2D eigenvalue weighted by molar-refractivity contribution is 6.33. The van der Waals surface area contributed by atoms with Gasteiger partial charge >= 0.3 is 0 Å². The van der Waals surface area contributed by atoms with E-state index >= 15 is 0 Å². The number of hydrogen-bond donors (Lipinski definition) is 0. The number of furan rings is 1. The van der Waals surface area contributed by atoms with Gasteiger partial charge in [0.15, 0.2) is 0 Å². The molecule has 1 aliphatic rings. The van der Waals surface area contributed by atoms with Crippen LogP contribution in [-0.4, -0.2) is 19.1 Å². The van der Waals surface area contributed by atoms with E-state index in [1.54, 1.807) is 0 Å². The lowest BCUT2D eigenvalue weighted by Gasteiger charge is -2.42. The lowest BCUT2D eigenvalue weighted by atomic mass is 9.63. The second kappa shape index (κ2) is 11.4. The summed E-state index contributed by atoms with van der Waals surface area (Å²) in [6.45, 7) is 9.65. The zero-order valence-corrected chi connectivity index (χ0v) is 32.5. The third-order valence-corrected chi connectivity index (χ3v) is 13.0. The Hall–Kier alpha value is -6.72. The molecule has 4 heterocycles. The third kappa shape index (κ3) is 4.51. The quantitative estimate of drug-likeness (QED) is 0.181. The van der Waals surface area contributed by atoms with Gasteiger partial charge in [-0.2, -0.15) is 4.98 Å². The van der Waals surface area contributed by atoms with Gasteiger partial charge in [0.1, 0.15) is 5.58 Å². The summed E-state index contributed by atoms with van der Waals surface area (Å²) < 4.78 is 11.3. The van der Waals surface area contributed by atoms with Crippen molar-refractivity contribution in [1.82, 2.24) is 19.1 Å². The van der Waals surface area contributed by atoms with Crippen molar-refractivity contribution in [1.29, 1.82) is 0 Å². The minimum atomic E-state index is 0.00787. The third-order valence-electron chi connectivity index (χ3n) is 13.0. The first-order chi connectivity index (χ1) is 27.8. The Morgan fingerprint density at radius 1 is 0.491 bits per heavy atom.